The van der Waals surface area contributed by atoms with Crippen molar-refractivity contribution < 1.29 is 4.79 Å². The van der Waals surface area contributed by atoms with Crippen molar-refractivity contribution in [3.05, 3.63) is 40.9 Å². The smallest absolute Gasteiger partial charge is 0.232 e. The maximum Gasteiger partial charge on any atom is 0.232 e. The van der Waals surface area contributed by atoms with Crippen LogP contribution in [0.2, 0.25) is 0 Å². The Hall–Kier alpha value is -1.88. The molecule has 1 aromatic heterocycles. The highest BCUT2D eigenvalue weighted by Crippen LogP contribution is 2.29. The number of nitrogens with zero attached hydrogens (tertiary/aromatic N) is 2. The minimum Gasteiger partial charge on any atom is -0.359 e. The average molecular weight is 384 g/mol. The molecule has 2 heterocycles. The lowest BCUT2D eigenvalue weighted by molar-refractivity contribution is -0.118. The number of nitrogens with one attached hydrogen (secondary N) is 1. The first-order valence-corrected chi connectivity index (χ1v) is 11.2. The molecule has 5 heteroatoms. The SMILES string of the molecule is O=C(Cc1cnc(NC2CCCCCCC2)s1)N1CCCc2ccccc21. The molecule has 27 heavy (non-hydrogen) atoms. The van der Waals surface area contributed by atoms with Gasteiger partial charge < -0.3 is 10.2 Å². The summed E-state index contributed by atoms with van der Waals surface area (Å²) in [5.41, 5.74) is 2.37. The number of benzene rings is 1. The fourth-order valence-corrected chi connectivity index (χ4v) is 5.15. The van der Waals surface area contributed by atoms with Gasteiger partial charge in [-0.05, 0) is 37.3 Å². The molecular weight excluding hydrogens is 354 g/mol. The van der Waals surface area contributed by atoms with Gasteiger partial charge >= 0.3 is 0 Å². The summed E-state index contributed by atoms with van der Waals surface area (Å²) in [4.78, 5) is 20.5. The Morgan fingerprint density at radius 1 is 1.11 bits per heavy atom. The molecule has 144 valence electrons. The molecule has 0 atom stereocenters. The highest BCUT2D eigenvalue weighted by atomic mass is 32.1. The molecule has 1 fully saturated rings. The zero-order valence-electron chi connectivity index (χ0n) is 16.0. The van der Waals surface area contributed by atoms with Gasteiger partial charge in [0.25, 0.3) is 0 Å². The van der Waals surface area contributed by atoms with Crippen molar-refractivity contribution in [1.82, 2.24) is 4.98 Å². The first-order chi connectivity index (χ1) is 13.3. The van der Waals surface area contributed by atoms with Crippen LogP contribution in [0.5, 0.6) is 0 Å². The summed E-state index contributed by atoms with van der Waals surface area (Å²) >= 11 is 1.64. The van der Waals surface area contributed by atoms with Gasteiger partial charge in [-0.2, -0.15) is 0 Å². The fraction of sp³-hybridized carbons (Fsp3) is 0.545. The second kappa shape index (κ2) is 8.87. The van der Waals surface area contributed by atoms with E-state index in [0.29, 0.717) is 12.5 Å². The Labute approximate surface area is 166 Å². The van der Waals surface area contributed by atoms with Gasteiger partial charge in [0.05, 0.1) is 6.42 Å². The molecule has 0 radical (unpaired) electrons. The molecule has 1 N–H and O–H groups in total. The Morgan fingerprint density at radius 3 is 2.74 bits per heavy atom. The average Bonchev–Trinajstić information content (AvgIpc) is 3.10. The van der Waals surface area contributed by atoms with Gasteiger partial charge in [-0.15, -0.1) is 11.3 Å². The number of carbonyl (C=O) groups is 1. The standard InChI is InChI=1S/C22H29N3OS/c26-21(25-14-8-10-17-9-6-7-13-20(17)25)15-19-16-23-22(27-19)24-18-11-4-2-1-3-5-12-18/h6-7,9,13,16,18H,1-5,8,10-12,14-15H2,(H,23,24). The number of aromatic nitrogens is 1. The fourth-order valence-electron chi connectivity index (χ4n) is 4.27. The largest absolute Gasteiger partial charge is 0.359 e. The van der Waals surface area contributed by atoms with Gasteiger partial charge in [-0.1, -0.05) is 50.3 Å². The summed E-state index contributed by atoms with van der Waals surface area (Å²) in [6, 6.07) is 8.82. The van der Waals surface area contributed by atoms with Gasteiger partial charge in [-0.3, -0.25) is 4.79 Å². The van der Waals surface area contributed by atoms with Crippen LogP contribution in [0.1, 0.15) is 61.8 Å². The maximum absolute atomic E-state index is 12.9. The van der Waals surface area contributed by atoms with Crippen LogP contribution in [0.4, 0.5) is 10.8 Å². The van der Waals surface area contributed by atoms with Crippen LogP contribution in [-0.2, 0) is 17.6 Å². The highest BCUT2D eigenvalue weighted by Gasteiger charge is 2.23. The molecule has 1 aromatic carbocycles. The predicted molar refractivity (Wildman–Crippen MR) is 113 cm³/mol. The number of aryl methyl sites for hydroxylation is 1. The van der Waals surface area contributed by atoms with Crippen molar-refractivity contribution in [2.24, 2.45) is 0 Å². The van der Waals surface area contributed by atoms with E-state index in [0.717, 1.165) is 35.1 Å². The lowest BCUT2D eigenvalue weighted by atomic mass is 9.97. The third kappa shape index (κ3) is 4.70. The molecule has 1 aliphatic carbocycles. The number of hydrogen-bond donors (Lipinski definition) is 1. The van der Waals surface area contributed by atoms with Gasteiger partial charge in [0.1, 0.15) is 0 Å². The molecule has 1 amide bonds. The number of hydrogen-bond acceptors (Lipinski definition) is 4. The van der Waals surface area contributed by atoms with Gasteiger partial charge in [0, 0.05) is 29.3 Å². The van der Waals surface area contributed by atoms with Crippen LogP contribution in [0.3, 0.4) is 0 Å². The van der Waals surface area contributed by atoms with Crippen molar-refractivity contribution in [3.63, 3.8) is 0 Å². The van der Waals surface area contributed by atoms with Crippen molar-refractivity contribution >= 4 is 28.1 Å². The second-order valence-corrected chi connectivity index (χ2v) is 8.89. The Bertz CT molecular complexity index is 764. The van der Waals surface area contributed by atoms with Crippen LogP contribution in [-0.4, -0.2) is 23.5 Å². The number of amides is 1. The maximum atomic E-state index is 12.9. The van der Waals surface area contributed by atoms with Crippen molar-refractivity contribution in [3.8, 4) is 0 Å². The Kier molecular flexibility index (Phi) is 6.07. The number of carbonyl (C=O) groups excluding carboxylic acids is 1. The van der Waals surface area contributed by atoms with E-state index in [1.165, 1.54) is 50.5 Å². The molecule has 0 spiro atoms. The molecule has 0 saturated heterocycles. The molecule has 0 unspecified atom stereocenters. The van der Waals surface area contributed by atoms with Crippen LogP contribution < -0.4 is 10.2 Å². The van der Waals surface area contributed by atoms with E-state index in [4.69, 9.17) is 0 Å². The Morgan fingerprint density at radius 2 is 1.89 bits per heavy atom. The Balaban J connectivity index is 1.37. The van der Waals surface area contributed by atoms with Gasteiger partial charge in [0.2, 0.25) is 5.91 Å². The van der Waals surface area contributed by atoms with E-state index in [2.05, 4.69) is 28.5 Å². The molecule has 0 bridgehead atoms. The monoisotopic (exact) mass is 383 g/mol. The zero-order chi connectivity index (χ0) is 18.5. The first-order valence-electron chi connectivity index (χ1n) is 10.4. The summed E-state index contributed by atoms with van der Waals surface area (Å²) in [5, 5.41) is 4.59. The molecule has 1 aliphatic heterocycles. The molecule has 2 aromatic rings. The van der Waals surface area contributed by atoms with Gasteiger partial charge in [0.15, 0.2) is 5.13 Å². The predicted octanol–water partition coefficient (Wildman–Crippen LogP) is 5.19. The lowest BCUT2D eigenvalue weighted by Gasteiger charge is -2.29. The third-order valence-corrected chi connectivity index (χ3v) is 6.65. The third-order valence-electron chi connectivity index (χ3n) is 5.72. The van der Waals surface area contributed by atoms with Crippen molar-refractivity contribution in [2.75, 3.05) is 16.8 Å². The number of rotatable bonds is 4. The summed E-state index contributed by atoms with van der Waals surface area (Å²) in [5.74, 6) is 0.184. The van der Waals surface area contributed by atoms with Gasteiger partial charge in [-0.25, -0.2) is 4.98 Å². The van der Waals surface area contributed by atoms with E-state index in [9.17, 15) is 4.79 Å². The van der Waals surface area contributed by atoms with Crippen LogP contribution in [0, 0.1) is 0 Å². The molecule has 4 nitrogen and oxygen atoms in total. The number of anilines is 2. The van der Waals surface area contributed by atoms with Crippen LogP contribution in [0.15, 0.2) is 30.5 Å². The summed E-state index contributed by atoms with van der Waals surface area (Å²) < 4.78 is 0. The minimum absolute atomic E-state index is 0.184. The first kappa shape index (κ1) is 18.5. The summed E-state index contributed by atoms with van der Waals surface area (Å²) in [6.07, 6.45) is 13.6. The zero-order valence-corrected chi connectivity index (χ0v) is 16.8. The van der Waals surface area contributed by atoms with Crippen molar-refractivity contribution in [1.29, 1.82) is 0 Å². The second-order valence-electron chi connectivity index (χ2n) is 7.77. The molecule has 4 rings (SSSR count). The normalized spacial score (nSPS) is 18.4. The van der Waals surface area contributed by atoms with E-state index in [-0.39, 0.29) is 5.91 Å². The van der Waals surface area contributed by atoms with E-state index in [1.807, 2.05) is 17.2 Å². The van der Waals surface area contributed by atoms with E-state index < -0.39 is 0 Å². The molecule has 1 saturated carbocycles. The van der Waals surface area contributed by atoms with Crippen molar-refractivity contribution in [2.45, 2.75) is 70.3 Å². The number of fused-ring (bicyclic) bond motifs is 1. The number of para-hydroxylation sites is 1. The highest BCUT2D eigenvalue weighted by molar-refractivity contribution is 7.15. The van der Waals surface area contributed by atoms with Crippen LogP contribution >= 0.6 is 11.3 Å². The van der Waals surface area contributed by atoms with E-state index in [1.54, 1.807) is 11.3 Å². The molecule has 2 aliphatic rings. The molecular formula is C22H29N3OS. The summed E-state index contributed by atoms with van der Waals surface area (Å²) in [7, 11) is 0. The van der Waals surface area contributed by atoms with Crippen LogP contribution in [0.25, 0.3) is 0 Å². The topological polar surface area (TPSA) is 45.2 Å². The quantitative estimate of drug-likeness (QED) is 0.790. The van der Waals surface area contributed by atoms with E-state index >= 15 is 0 Å². The number of thiazole rings is 1. The minimum atomic E-state index is 0.184. The lowest BCUT2D eigenvalue weighted by Crippen LogP contribution is -2.36. The summed E-state index contributed by atoms with van der Waals surface area (Å²) in [6.45, 7) is 0.821.